The zero-order valence-electron chi connectivity index (χ0n) is 12.1. The second kappa shape index (κ2) is 4.58. The minimum Gasteiger partial charge on any atom is -0.351 e. The Morgan fingerprint density at radius 2 is 2.09 bits per heavy atom. The first kappa shape index (κ1) is 13.3. The van der Waals surface area contributed by atoms with Crippen LogP contribution in [0.2, 0.25) is 0 Å². The number of aromatic nitrogens is 1. The predicted molar refractivity (Wildman–Crippen MR) is 88.0 cm³/mol. The summed E-state index contributed by atoms with van der Waals surface area (Å²) in [4.78, 5) is 1.89. The van der Waals surface area contributed by atoms with Gasteiger partial charge in [0.15, 0.2) is 5.84 Å². The maximum atomic E-state index is 11.8. The summed E-state index contributed by atoms with van der Waals surface area (Å²) in [5.41, 5.74) is 2.96. The van der Waals surface area contributed by atoms with Gasteiger partial charge in [-0.3, -0.25) is 0 Å². The summed E-state index contributed by atoms with van der Waals surface area (Å²) in [5.74, 6) is 0.579. The van der Waals surface area contributed by atoms with Crippen LogP contribution in [0.25, 0.3) is 16.5 Å². The number of sulfonamides is 1. The third kappa shape index (κ3) is 2.07. The number of fused-ring (bicyclic) bond motifs is 2. The molecule has 112 valence electrons. The van der Waals surface area contributed by atoms with Crippen LogP contribution in [0.5, 0.6) is 0 Å². The lowest BCUT2D eigenvalue weighted by Gasteiger charge is -2.29. The molecule has 22 heavy (non-hydrogen) atoms. The zero-order chi connectivity index (χ0) is 15.3. The molecule has 0 fully saturated rings. The number of hydrogen-bond donors (Lipinski definition) is 0. The Morgan fingerprint density at radius 3 is 2.95 bits per heavy atom. The molecule has 1 aromatic heterocycles. The van der Waals surface area contributed by atoms with Gasteiger partial charge >= 0.3 is 0 Å². The summed E-state index contributed by atoms with van der Waals surface area (Å²) in [6.07, 6.45) is 7.73. The number of allylic oxidation sites excluding steroid dienone is 2. The molecule has 2 aromatic rings. The summed E-state index contributed by atoms with van der Waals surface area (Å²) in [6, 6.07) is 8.18. The summed E-state index contributed by atoms with van der Waals surface area (Å²) < 4.78 is 29.7. The van der Waals surface area contributed by atoms with Crippen LogP contribution in [0.1, 0.15) is 5.56 Å². The minimum absolute atomic E-state index is 0.0613. The van der Waals surface area contributed by atoms with Crippen molar-refractivity contribution in [2.75, 3.05) is 12.3 Å². The molecule has 0 amide bonds. The average Bonchev–Trinajstić information content (AvgIpc) is 2.87. The fourth-order valence-corrected chi connectivity index (χ4v) is 3.88. The van der Waals surface area contributed by atoms with Crippen molar-refractivity contribution >= 4 is 32.3 Å². The van der Waals surface area contributed by atoms with Crippen LogP contribution in [-0.4, -0.2) is 36.0 Å². The molecule has 0 aliphatic carbocycles. The van der Waals surface area contributed by atoms with E-state index in [1.807, 2.05) is 48.6 Å². The van der Waals surface area contributed by atoms with Gasteiger partial charge in [-0.05, 0) is 35.9 Å². The summed E-state index contributed by atoms with van der Waals surface area (Å²) in [6.45, 7) is 0.447. The van der Waals surface area contributed by atoms with Gasteiger partial charge < -0.3 is 9.47 Å². The highest BCUT2D eigenvalue weighted by molar-refractivity contribution is 7.90. The van der Waals surface area contributed by atoms with E-state index >= 15 is 0 Å². The van der Waals surface area contributed by atoms with Crippen molar-refractivity contribution in [2.24, 2.45) is 11.4 Å². The molecule has 4 rings (SSSR count). The Kier molecular flexibility index (Phi) is 2.77. The van der Waals surface area contributed by atoms with E-state index < -0.39 is 10.0 Å². The Hall–Kier alpha value is -2.34. The second-order valence-electron chi connectivity index (χ2n) is 5.52. The van der Waals surface area contributed by atoms with E-state index in [0.717, 1.165) is 22.0 Å². The van der Waals surface area contributed by atoms with Gasteiger partial charge in [-0.25, -0.2) is 8.42 Å². The molecule has 0 bridgehead atoms. The SMILES string of the molecule is Cn1ccc2cc(C3=CC=CN4CCS(=O)(=O)N=C34)ccc21. The lowest BCUT2D eigenvalue weighted by Crippen LogP contribution is -2.37. The molecule has 0 unspecified atom stereocenters. The Morgan fingerprint density at radius 1 is 1.23 bits per heavy atom. The van der Waals surface area contributed by atoms with Crippen LogP contribution < -0.4 is 0 Å². The molecule has 0 saturated heterocycles. The van der Waals surface area contributed by atoms with Crippen LogP contribution in [0, 0.1) is 0 Å². The van der Waals surface area contributed by atoms with Gasteiger partial charge in [0.2, 0.25) is 0 Å². The van der Waals surface area contributed by atoms with Crippen molar-refractivity contribution in [3.8, 4) is 0 Å². The maximum Gasteiger partial charge on any atom is 0.256 e. The van der Waals surface area contributed by atoms with E-state index in [1.54, 1.807) is 0 Å². The van der Waals surface area contributed by atoms with Crippen molar-refractivity contribution in [1.82, 2.24) is 9.47 Å². The lowest BCUT2D eigenvalue weighted by atomic mass is 10.0. The molecule has 3 heterocycles. The molecule has 0 saturated carbocycles. The quantitative estimate of drug-likeness (QED) is 0.810. The van der Waals surface area contributed by atoms with Crippen LogP contribution >= 0.6 is 0 Å². The Labute approximate surface area is 128 Å². The van der Waals surface area contributed by atoms with E-state index in [9.17, 15) is 8.42 Å². The predicted octanol–water partition coefficient (Wildman–Crippen LogP) is 2.13. The van der Waals surface area contributed by atoms with E-state index in [0.29, 0.717) is 12.4 Å². The molecular formula is C16H15N3O2S. The van der Waals surface area contributed by atoms with Crippen molar-refractivity contribution < 1.29 is 8.42 Å². The van der Waals surface area contributed by atoms with E-state index in [2.05, 4.69) is 21.1 Å². The Balaban J connectivity index is 1.87. The molecule has 5 nitrogen and oxygen atoms in total. The van der Waals surface area contributed by atoms with E-state index in [-0.39, 0.29) is 5.75 Å². The number of aryl methyl sites for hydroxylation is 1. The van der Waals surface area contributed by atoms with Crippen LogP contribution in [0.3, 0.4) is 0 Å². The normalized spacial score (nSPS) is 19.8. The third-order valence-electron chi connectivity index (χ3n) is 4.05. The smallest absolute Gasteiger partial charge is 0.256 e. The van der Waals surface area contributed by atoms with Crippen molar-refractivity contribution in [3.05, 3.63) is 54.4 Å². The first-order valence-corrected chi connectivity index (χ1v) is 8.68. The van der Waals surface area contributed by atoms with Gasteiger partial charge in [0.25, 0.3) is 10.0 Å². The summed E-state index contributed by atoms with van der Waals surface area (Å²) in [5, 5.41) is 1.13. The third-order valence-corrected chi connectivity index (χ3v) is 5.20. The molecule has 2 aliphatic rings. The highest BCUT2D eigenvalue weighted by Crippen LogP contribution is 2.28. The van der Waals surface area contributed by atoms with Crippen LogP contribution in [0.15, 0.2) is 53.2 Å². The summed E-state index contributed by atoms with van der Waals surface area (Å²) in [7, 11) is -1.36. The second-order valence-corrected chi connectivity index (χ2v) is 7.27. The molecule has 6 heteroatoms. The number of benzene rings is 1. The fourth-order valence-electron chi connectivity index (χ4n) is 2.89. The first-order valence-electron chi connectivity index (χ1n) is 7.07. The topological polar surface area (TPSA) is 54.7 Å². The Bertz CT molecular complexity index is 964. The van der Waals surface area contributed by atoms with Crippen LogP contribution in [-0.2, 0) is 17.1 Å². The molecule has 1 aromatic carbocycles. The monoisotopic (exact) mass is 313 g/mol. The number of amidine groups is 1. The van der Waals surface area contributed by atoms with Gasteiger partial charge in [-0.15, -0.1) is 4.40 Å². The largest absolute Gasteiger partial charge is 0.351 e. The zero-order valence-corrected chi connectivity index (χ0v) is 12.9. The van der Waals surface area contributed by atoms with Gasteiger partial charge in [0.05, 0.1) is 5.75 Å². The lowest BCUT2D eigenvalue weighted by molar-refractivity contribution is 0.550. The molecule has 0 radical (unpaired) electrons. The summed E-state index contributed by atoms with van der Waals surface area (Å²) >= 11 is 0. The molecule has 0 N–H and O–H groups in total. The minimum atomic E-state index is -3.36. The number of nitrogens with zero attached hydrogens (tertiary/aromatic N) is 3. The molecule has 2 aliphatic heterocycles. The van der Waals surface area contributed by atoms with E-state index in [4.69, 9.17) is 0 Å². The van der Waals surface area contributed by atoms with Crippen molar-refractivity contribution in [1.29, 1.82) is 0 Å². The number of rotatable bonds is 1. The van der Waals surface area contributed by atoms with Gasteiger partial charge in [-0.2, -0.15) is 0 Å². The first-order chi connectivity index (χ1) is 10.5. The van der Waals surface area contributed by atoms with Gasteiger partial charge in [0.1, 0.15) is 0 Å². The van der Waals surface area contributed by atoms with Crippen molar-refractivity contribution in [2.45, 2.75) is 0 Å². The van der Waals surface area contributed by atoms with Gasteiger partial charge in [0, 0.05) is 42.5 Å². The standard InChI is InChI=1S/C16H15N3O2S/c1-18-8-6-13-11-12(4-5-15(13)18)14-3-2-7-19-9-10-22(20,21)17-16(14)19/h2-8,11H,9-10H2,1H3. The van der Waals surface area contributed by atoms with Gasteiger partial charge in [-0.1, -0.05) is 6.07 Å². The van der Waals surface area contributed by atoms with E-state index in [1.165, 1.54) is 0 Å². The fraction of sp³-hybridized carbons (Fsp3) is 0.188. The number of hydrogen-bond acceptors (Lipinski definition) is 3. The molecular weight excluding hydrogens is 298 g/mol. The van der Waals surface area contributed by atoms with Crippen molar-refractivity contribution in [3.63, 3.8) is 0 Å². The molecule has 0 atom stereocenters. The van der Waals surface area contributed by atoms with Crippen LogP contribution in [0.4, 0.5) is 0 Å². The average molecular weight is 313 g/mol. The highest BCUT2D eigenvalue weighted by Gasteiger charge is 2.27. The maximum absolute atomic E-state index is 11.8. The molecule has 0 spiro atoms. The highest BCUT2D eigenvalue weighted by atomic mass is 32.2.